The topological polar surface area (TPSA) is 31.0 Å². The summed E-state index contributed by atoms with van der Waals surface area (Å²) in [7, 11) is 3.59. The fourth-order valence-corrected chi connectivity index (χ4v) is 4.77. The molecule has 0 bridgehead atoms. The molecule has 2 aliphatic rings. The van der Waals surface area contributed by atoms with E-state index in [1.807, 2.05) is 0 Å². The summed E-state index contributed by atoms with van der Waals surface area (Å²) in [5.41, 5.74) is 0. The molecule has 0 spiro atoms. The van der Waals surface area contributed by atoms with Crippen molar-refractivity contribution in [1.82, 2.24) is 0 Å². The van der Waals surface area contributed by atoms with Crippen molar-refractivity contribution in [2.45, 2.75) is 109 Å². The van der Waals surface area contributed by atoms with E-state index in [-0.39, 0.29) is 0 Å². The number of rotatable bonds is 13. The van der Waals surface area contributed by atoms with E-state index < -0.39 is 5.79 Å². The third-order valence-corrected chi connectivity index (χ3v) is 6.96. The molecule has 0 amide bonds. The molecule has 0 aromatic carbocycles. The Morgan fingerprint density at radius 1 is 1.00 bits per heavy atom. The number of fused-ring (bicyclic) bond motifs is 1. The highest BCUT2D eigenvalue weighted by atomic mass is 16.7. The highest BCUT2D eigenvalue weighted by Gasteiger charge is 2.45. The number of hydrogen-bond donors (Lipinski definition) is 0. The zero-order valence-corrected chi connectivity index (χ0v) is 17.4. The molecular formula is C22H42O3. The van der Waals surface area contributed by atoms with Crippen molar-refractivity contribution in [3.63, 3.8) is 0 Å². The van der Waals surface area contributed by atoms with Crippen LogP contribution in [0.15, 0.2) is 0 Å². The number of epoxide rings is 1. The summed E-state index contributed by atoms with van der Waals surface area (Å²) in [6.07, 6.45) is 15.6. The van der Waals surface area contributed by atoms with Gasteiger partial charge in [-0.3, -0.25) is 0 Å². The minimum atomic E-state index is -0.453. The van der Waals surface area contributed by atoms with Crippen molar-refractivity contribution in [3.05, 3.63) is 0 Å². The van der Waals surface area contributed by atoms with Gasteiger partial charge in [0.15, 0.2) is 5.79 Å². The summed E-state index contributed by atoms with van der Waals surface area (Å²) in [6.45, 7) is 6.84. The van der Waals surface area contributed by atoms with E-state index in [1.54, 1.807) is 14.2 Å². The van der Waals surface area contributed by atoms with Crippen LogP contribution in [0.2, 0.25) is 0 Å². The van der Waals surface area contributed by atoms with Gasteiger partial charge in [0, 0.05) is 20.1 Å². The summed E-state index contributed by atoms with van der Waals surface area (Å²) in [5.74, 6) is 1.56. The number of ether oxygens (including phenoxy) is 3. The summed E-state index contributed by atoms with van der Waals surface area (Å²) in [4.78, 5) is 0. The molecule has 3 heteroatoms. The molecule has 1 saturated heterocycles. The minimum Gasteiger partial charge on any atom is -0.370 e. The van der Waals surface area contributed by atoms with Crippen LogP contribution < -0.4 is 0 Å². The van der Waals surface area contributed by atoms with Crippen molar-refractivity contribution < 1.29 is 14.2 Å². The van der Waals surface area contributed by atoms with Crippen LogP contribution in [0, 0.1) is 17.8 Å². The molecule has 5 atom stereocenters. The standard InChI is InChI=1S/C22H42O3/c1-6-7-8-9-10-11-12-19(22(3,23-4)24-5)15-17(2)18-13-14-20-21(16-18)25-20/h17-21H,6-16H2,1-5H3. The molecule has 0 radical (unpaired) electrons. The zero-order valence-electron chi connectivity index (χ0n) is 17.4. The van der Waals surface area contributed by atoms with Crippen molar-refractivity contribution >= 4 is 0 Å². The van der Waals surface area contributed by atoms with Gasteiger partial charge in [0.2, 0.25) is 0 Å². The Balaban J connectivity index is 1.82. The second-order valence-corrected chi connectivity index (χ2v) is 8.68. The van der Waals surface area contributed by atoms with E-state index >= 15 is 0 Å². The Hall–Kier alpha value is -0.120. The van der Waals surface area contributed by atoms with E-state index in [1.165, 1.54) is 70.6 Å². The summed E-state index contributed by atoms with van der Waals surface area (Å²) < 4.78 is 17.4. The molecule has 5 unspecified atom stereocenters. The largest absolute Gasteiger partial charge is 0.370 e. The van der Waals surface area contributed by atoms with Gasteiger partial charge in [-0.15, -0.1) is 0 Å². The molecule has 1 saturated carbocycles. The van der Waals surface area contributed by atoms with Gasteiger partial charge in [0.25, 0.3) is 0 Å². The first-order chi connectivity index (χ1) is 12.0. The third kappa shape index (κ3) is 6.22. The molecule has 0 aromatic rings. The van der Waals surface area contributed by atoms with Crippen LogP contribution in [0.4, 0.5) is 0 Å². The summed E-state index contributed by atoms with van der Waals surface area (Å²) >= 11 is 0. The smallest absolute Gasteiger partial charge is 0.167 e. The third-order valence-electron chi connectivity index (χ3n) is 6.96. The van der Waals surface area contributed by atoms with E-state index in [0.717, 1.165) is 11.8 Å². The highest BCUT2D eigenvalue weighted by molar-refractivity contribution is 4.93. The van der Waals surface area contributed by atoms with Crippen molar-refractivity contribution in [2.24, 2.45) is 17.8 Å². The van der Waals surface area contributed by atoms with Crippen LogP contribution in [0.1, 0.15) is 91.4 Å². The minimum absolute atomic E-state index is 0.453. The maximum atomic E-state index is 5.82. The Morgan fingerprint density at radius 3 is 2.32 bits per heavy atom. The quantitative estimate of drug-likeness (QED) is 0.232. The van der Waals surface area contributed by atoms with Crippen LogP contribution in [0.5, 0.6) is 0 Å². The van der Waals surface area contributed by atoms with Gasteiger partial charge in [-0.05, 0) is 50.9 Å². The van der Waals surface area contributed by atoms with Gasteiger partial charge in [-0.2, -0.15) is 0 Å². The first-order valence-electron chi connectivity index (χ1n) is 10.8. The Bertz CT molecular complexity index is 366. The molecule has 3 nitrogen and oxygen atoms in total. The summed E-state index contributed by atoms with van der Waals surface area (Å²) in [6, 6.07) is 0. The molecule has 0 N–H and O–H groups in total. The van der Waals surface area contributed by atoms with Crippen molar-refractivity contribution in [3.8, 4) is 0 Å². The lowest BCUT2D eigenvalue weighted by Gasteiger charge is -2.38. The van der Waals surface area contributed by atoms with Crippen LogP contribution in [0.3, 0.4) is 0 Å². The highest BCUT2D eigenvalue weighted by Crippen LogP contribution is 2.44. The Morgan fingerprint density at radius 2 is 1.68 bits per heavy atom. The van der Waals surface area contributed by atoms with E-state index in [2.05, 4.69) is 20.8 Å². The van der Waals surface area contributed by atoms with Crippen LogP contribution in [-0.2, 0) is 14.2 Å². The molecule has 2 fully saturated rings. The fraction of sp³-hybridized carbons (Fsp3) is 1.00. The first-order valence-corrected chi connectivity index (χ1v) is 10.8. The van der Waals surface area contributed by atoms with Crippen LogP contribution >= 0.6 is 0 Å². The second kappa shape index (κ2) is 10.3. The molecule has 2 rings (SSSR count). The molecule has 148 valence electrons. The summed E-state index contributed by atoms with van der Waals surface area (Å²) in [5, 5.41) is 0. The van der Waals surface area contributed by atoms with Gasteiger partial charge in [-0.1, -0.05) is 52.4 Å². The predicted molar refractivity (Wildman–Crippen MR) is 104 cm³/mol. The van der Waals surface area contributed by atoms with E-state index in [9.17, 15) is 0 Å². The lowest BCUT2D eigenvalue weighted by molar-refractivity contribution is -0.232. The lowest BCUT2D eigenvalue weighted by Crippen LogP contribution is -2.40. The zero-order chi connectivity index (χ0) is 18.3. The van der Waals surface area contributed by atoms with Crippen molar-refractivity contribution in [2.75, 3.05) is 14.2 Å². The SMILES string of the molecule is CCCCCCCCC(CC(C)C1CCC2OC2C1)C(C)(OC)OC. The predicted octanol–water partition coefficient (Wildman–Crippen LogP) is 5.96. The second-order valence-electron chi connectivity index (χ2n) is 8.68. The van der Waals surface area contributed by atoms with E-state index in [0.29, 0.717) is 18.1 Å². The van der Waals surface area contributed by atoms with Gasteiger partial charge in [0.05, 0.1) is 12.2 Å². The number of hydrogen-bond acceptors (Lipinski definition) is 3. The molecule has 1 heterocycles. The molecule has 25 heavy (non-hydrogen) atoms. The van der Waals surface area contributed by atoms with E-state index in [4.69, 9.17) is 14.2 Å². The number of unbranched alkanes of at least 4 members (excludes halogenated alkanes) is 5. The maximum absolute atomic E-state index is 5.82. The van der Waals surface area contributed by atoms with Gasteiger partial charge in [-0.25, -0.2) is 0 Å². The van der Waals surface area contributed by atoms with Crippen LogP contribution in [0.25, 0.3) is 0 Å². The Labute approximate surface area is 156 Å². The molecule has 0 aromatic heterocycles. The Kier molecular flexibility index (Phi) is 8.71. The number of methoxy groups -OCH3 is 2. The average molecular weight is 355 g/mol. The first kappa shape index (κ1) is 21.2. The molecular weight excluding hydrogens is 312 g/mol. The monoisotopic (exact) mass is 354 g/mol. The molecule has 1 aliphatic heterocycles. The fourth-order valence-electron chi connectivity index (χ4n) is 4.77. The lowest BCUT2D eigenvalue weighted by atomic mass is 9.75. The van der Waals surface area contributed by atoms with Crippen LogP contribution in [-0.4, -0.2) is 32.2 Å². The van der Waals surface area contributed by atoms with Gasteiger partial charge < -0.3 is 14.2 Å². The average Bonchev–Trinajstić information content (AvgIpc) is 3.41. The van der Waals surface area contributed by atoms with Gasteiger partial charge >= 0.3 is 0 Å². The molecule has 1 aliphatic carbocycles. The normalized spacial score (nSPS) is 28.4. The van der Waals surface area contributed by atoms with Crippen molar-refractivity contribution in [1.29, 1.82) is 0 Å². The maximum Gasteiger partial charge on any atom is 0.167 e. The van der Waals surface area contributed by atoms with Gasteiger partial charge in [0.1, 0.15) is 0 Å².